The number of esters is 1. The van der Waals surface area contributed by atoms with E-state index in [0.29, 0.717) is 34.9 Å². The smallest absolute Gasteiger partial charge is 0.330 e. The molecule has 1 heterocycles. The summed E-state index contributed by atoms with van der Waals surface area (Å²) < 4.78 is 32.4. The van der Waals surface area contributed by atoms with E-state index in [1.54, 1.807) is 19.1 Å². The largest absolute Gasteiger partial charge is 0.492 e. The van der Waals surface area contributed by atoms with E-state index in [4.69, 9.17) is 28.4 Å². The minimum absolute atomic E-state index is 0.0179. The van der Waals surface area contributed by atoms with Crippen molar-refractivity contribution in [1.82, 2.24) is 0 Å². The van der Waals surface area contributed by atoms with Crippen LogP contribution in [-0.4, -0.2) is 52.9 Å². The maximum atomic E-state index is 12.4. The molecule has 1 unspecified atom stereocenters. The molecule has 0 aliphatic carbocycles. The van der Waals surface area contributed by atoms with Gasteiger partial charge in [0.1, 0.15) is 6.10 Å². The summed E-state index contributed by atoms with van der Waals surface area (Å²) in [7, 11) is 4.48. The van der Waals surface area contributed by atoms with Gasteiger partial charge in [-0.05, 0) is 13.3 Å². The van der Waals surface area contributed by atoms with Crippen LogP contribution in [0.25, 0.3) is 0 Å². The molecule has 1 aromatic carbocycles. The Morgan fingerprint density at radius 1 is 1.10 bits per heavy atom. The van der Waals surface area contributed by atoms with Gasteiger partial charge in [0, 0.05) is 44.8 Å². The second-order valence-corrected chi connectivity index (χ2v) is 6.31. The number of amides is 1. The number of hydrogen-bond donors (Lipinski definition) is 1. The van der Waals surface area contributed by atoms with E-state index < -0.39 is 12.1 Å². The minimum Gasteiger partial charge on any atom is -0.492 e. The molecule has 0 radical (unpaired) electrons. The van der Waals surface area contributed by atoms with Crippen molar-refractivity contribution in [2.45, 2.75) is 32.3 Å². The van der Waals surface area contributed by atoms with E-state index in [9.17, 15) is 9.59 Å². The molecule has 1 N–H and O–H groups in total. The Bertz CT molecular complexity index is 746. The molecule has 0 spiro atoms. The number of benzene rings is 1. The van der Waals surface area contributed by atoms with Gasteiger partial charge < -0.3 is 33.7 Å². The Balaban J connectivity index is 2.60. The summed E-state index contributed by atoms with van der Waals surface area (Å²) in [5.74, 6) is 0.376. The lowest BCUT2D eigenvalue weighted by Crippen LogP contribution is -2.19. The predicted molar refractivity (Wildman–Crippen MR) is 104 cm³/mol. The van der Waals surface area contributed by atoms with Gasteiger partial charge in [0.25, 0.3) is 0 Å². The first-order chi connectivity index (χ1) is 14.0. The van der Waals surface area contributed by atoms with Crippen molar-refractivity contribution in [2.24, 2.45) is 0 Å². The molecule has 1 amide bonds. The van der Waals surface area contributed by atoms with Gasteiger partial charge in [0.15, 0.2) is 30.8 Å². The van der Waals surface area contributed by atoms with Crippen molar-refractivity contribution in [3.05, 3.63) is 23.8 Å². The third-order valence-electron chi connectivity index (χ3n) is 4.02. The van der Waals surface area contributed by atoms with E-state index in [0.717, 1.165) is 0 Å². The quantitative estimate of drug-likeness (QED) is 0.541. The zero-order chi connectivity index (χ0) is 21.2. The first-order valence-electron chi connectivity index (χ1n) is 9.14. The lowest BCUT2D eigenvalue weighted by Gasteiger charge is -2.23. The van der Waals surface area contributed by atoms with Gasteiger partial charge in [-0.3, -0.25) is 4.79 Å². The van der Waals surface area contributed by atoms with Crippen molar-refractivity contribution < 1.29 is 38.0 Å². The summed E-state index contributed by atoms with van der Waals surface area (Å²) in [5, 5.41) is 2.84. The van der Waals surface area contributed by atoms with E-state index in [2.05, 4.69) is 5.32 Å². The molecule has 9 nitrogen and oxygen atoms in total. The van der Waals surface area contributed by atoms with Crippen LogP contribution in [0, 0.1) is 0 Å². The van der Waals surface area contributed by atoms with Crippen LogP contribution in [-0.2, 0) is 30.2 Å². The minimum atomic E-state index is -0.493. The van der Waals surface area contributed by atoms with Crippen LogP contribution in [0.1, 0.15) is 25.3 Å². The van der Waals surface area contributed by atoms with Gasteiger partial charge in [-0.2, -0.15) is 0 Å². The van der Waals surface area contributed by atoms with E-state index >= 15 is 0 Å². The molecule has 1 aromatic rings. The van der Waals surface area contributed by atoms with Crippen LogP contribution in [0.5, 0.6) is 17.2 Å². The molecule has 2 bridgehead atoms. The van der Waals surface area contributed by atoms with Gasteiger partial charge in [0.2, 0.25) is 5.91 Å². The first kappa shape index (κ1) is 22.5. The number of cyclic esters (lactones) is 1. The lowest BCUT2D eigenvalue weighted by atomic mass is 10.0. The Labute approximate surface area is 169 Å². The maximum absolute atomic E-state index is 12.4. The lowest BCUT2D eigenvalue weighted by molar-refractivity contribution is -0.142. The highest BCUT2D eigenvalue weighted by Gasteiger charge is 2.25. The normalized spacial score (nSPS) is 17.3. The summed E-state index contributed by atoms with van der Waals surface area (Å²) in [6, 6.07) is 1.61. The van der Waals surface area contributed by atoms with Crippen LogP contribution in [0.2, 0.25) is 0 Å². The summed E-state index contributed by atoms with van der Waals surface area (Å²) in [6.45, 7) is 1.69. The summed E-state index contributed by atoms with van der Waals surface area (Å²) in [4.78, 5) is 24.4. The zero-order valence-corrected chi connectivity index (χ0v) is 17.1. The molecule has 29 heavy (non-hydrogen) atoms. The summed E-state index contributed by atoms with van der Waals surface area (Å²) in [5.41, 5.74) is 0.965. The van der Waals surface area contributed by atoms with Gasteiger partial charge in [0.05, 0.1) is 12.8 Å². The Morgan fingerprint density at radius 2 is 1.83 bits per heavy atom. The monoisotopic (exact) mass is 409 g/mol. The van der Waals surface area contributed by atoms with E-state index in [1.807, 2.05) is 0 Å². The molecule has 0 saturated carbocycles. The van der Waals surface area contributed by atoms with Crippen molar-refractivity contribution in [3.63, 3.8) is 0 Å². The SMILES string of the molecule is COCOc1cc2c(OCOC)c(c1OC)CC(C)OC(=O)C=CCCC(=O)N2. The molecular formula is C20H27NO8. The topological polar surface area (TPSA) is 102 Å². The maximum Gasteiger partial charge on any atom is 0.330 e. The number of methoxy groups -OCH3 is 3. The fraction of sp³-hybridized carbons (Fsp3) is 0.500. The summed E-state index contributed by atoms with van der Waals surface area (Å²) >= 11 is 0. The predicted octanol–water partition coefficient (Wildman–Crippen LogP) is 2.42. The molecule has 1 aliphatic rings. The third kappa shape index (κ3) is 6.37. The van der Waals surface area contributed by atoms with Crippen LogP contribution < -0.4 is 19.5 Å². The fourth-order valence-corrected chi connectivity index (χ4v) is 2.86. The molecule has 160 valence electrons. The highest BCUT2D eigenvalue weighted by molar-refractivity contribution is 5.93. The van der Waals surface area contributed by atoms with Gasteiger partial charge in [-0.1, -0.05) is 6.08 Å². The molecule has 0 aromatic heterocycles. The summed E-state index contributed by atoms with van der Waals surface area (Å²) in [6.07, 6.45) is 3.27. The molecule has 2 rings (SSSR count). The third-order valence-corrected chi connectivity index (χ3v) is 4.02. The van der Waals surface area contributed by atoms with Crippen LogP contribution >= 0.6 is 0 Å². The second-order valence-electron chi connectivity index (χ2n) is 6.31. The molecular weight excluding hydrogens is 382 g/mol. The number of fused-ring (bicyclic) bond motifs is 2. The standard InChI is InChI=1S/C20H27NO8/c1-13-9-14-19(28-12-25-3)15(10-16(20(14)26-4)27-11-24-2)21-17(22)7-5-6-8-18(23)29-13/h6,8,10,13H,5,7,9,11-12H2,1-4H3,(H,21,22). The van der Waals surface area contributed by atoms with Gasteiger partial charge >= 0.3 is 5.97 Å². The Morgan fingerprint density at radius 3 is 2.52 bits per heavy atom. The Hall–Kier alpha value is -2.78. The average molecular weight is 409 g/mol. The van der Waals surface area contributed by atoms with E-state index in [1.165, 1.54) is 27.4 Å². The van der Waals surface area contributed by atoms with Crippen LogP contribution in [0.4, 0.5) is 5.69 Å². The fourth-order valence-electron chi connectivity index (χ4n) is 2.86. The number of nitrogens with one attached hydrogen (secondary N) is 1. The highest BCUT2D eigenvalue weighted by atomic mass is 16.7. The number of carbonyl (C=O) groups is 2. The van der Waals surface area contributed by atoms with E-state index in [-0.39, 0.29) is 32.3 Å². The van der Waals surface area contributed by atoms with Crippen LogP contribution in [0.3, 0.4) is 0 Å². The van der Waals surface area contributed by atoms with Crippen molar-refractivity contribution in [2.75, 3.05) is 40.2 Å². The number of carbonyl (C=O) groups excluding carboxylic acids is 2. The number of hydrogen-bond acceptors (Lipinski definition) is 8. The molecule has 0 saturated heterocycles. The van der Waals surface area contributed by atoms with Crippen molar-refractivity contribution in [1.29, 1.82) is 0 Å². The first-order valence-corrected chi connectivity index (χ1v) is 9.14. The Kier molecular flexibility index (Phi) is 8.75. The molecule has 1 atom stereocenters. The van der Waals surface area contributed by atoms with Gasteiger partial charge in [-0.15, -0.1) is 0 Å². The number of ether oxygens (including phenoxy) is 6. The number of anilines is 1. The van der Waals surface area contributed by atoms with Crippen molar-refractivity contribution in [3.8, 4) is 17.2 Å². The van der Waals surface area contributed by atoms with Crippen LogP contribution in [0.15, 0.2) is 18.2 Å². The van der Waals surface area contributed by atoms with Crippen molar-refractivity contribution >= 4 is 17.6 Å². The number of allylic oxidation sites excluding steroid dienone is 1. The number of rotatable bonds is 7. The molecule has 9 heteroatoms. The highest BCUT2D eigenvalue weighted by Crippen LogP contribution is 2.44. The average Bonchev–Trinajstić information content (AvgIpc) is 2.68. The second kappa shape index (κ2) is 11.3. The molecule has 0 fully saturated rings. The molecule has 1 aliphatic heterocycles. The van der Waals surface area contributed by atoms with Gasteiger partial charge in [-0.25, -0.2) is 4.79 Å². The zero-order valence-electron chi connectivity index (χ0n) is 17.1.